The normalized spacial score (nSPS) is 47.8. The van der Waals surface area contributed by atoms with Gasteiger partial charge in [0.05, 0.1) is 12.2 Å². The van der Waals surface area contributed by atoms with Crippen molar-refractivity contribution >= 4 is 5.97 Å². The number of carbonyl (C=O) groups is 1. The molecule has 0 heterocycles. The van der Waals surface area contributed by atoms with Crippen LogP contribution >= 0.6 is 0 Å². The fourth-order valence-corrected chi connectivity index (χ4v) is 1.39. The van der Waals surface area contributed by atoms with Gasteiger partial charge in [0.25, 0.3) is 0 Å². The maximum atomic E-state index is 10.5. The molecule has 0 aromatic heterocycles. The third-order valence-electron chi connectivity index (χ3n) is 2.16. The summed E-state index contributed by atoms with van der Waals surface area (Å²) in [6.07, 6.45) is -4.34. The molecular weight excluding hydrogens is 166 g/mol. The Morgan fingerprint density at radius 2 is 1.58 bits per heavy atom. The first-order chi connectivity index (χ1) is 5.46. The van der Waals surface area contributed by atoms with E-state index in [2.05, 4.69) is 0 Å². The second-order valence-electron chi connectivity index (χ2n) is 2.91. The Labute approximate surface area is 68.2 Å². The highest BCUT2D eigenvalue weighted by Gasteiger charge is 2.50. The lowest BCUT2D eigenvalue weighted by atomic mass is 10.0. The minimum Gasteiger partial charge on any atom is -0.481 e. The van der Waals surface area contributed by atoms with Gasteiger partial charge < -0.3 is 26.2 Å². The molecule has 0 aromatic carbocycles. The quantitative estimate of drug-likeness (QED) is 0.293. The molecule has 0 aliphatic heterocycles. The molecule has 0 amide bonds. The lowest BCUT2D eigenvalue weighted by Gasteiger charge is -2.13. The molecule has 0 bridgehead atoms. The first-order valence-electron chi connectivity index (χ1n) is 3.49. The molecule has 12 heavy (non-hydrogen) atoms. The van der Waals surface area contributed by atoms with Gasteiger partial charge in [0, 0.05) is 6.04 Å². The molecule has 6 heteroatoms. The average molecular weight is 177 g/mol. The fraction of sp³-hybridized carbons (Fsp3) is 0.833. The minimum absolute atomic E-state index is 1.12. The van der Waals surface area contributed by atoms with Crippen LogP contribution in [0, 0.1) is 5.92 Å². The van der Waals surface area contributed by atoms with Crippen LogP contribution in [0.2, 0.25) is 0 Å². The van der Waals surface area contributed by atoms with E-state index in [1.54, 1.807) is 0 Å². The number of aliphatic carboxylic acids is 1. The van der Waals surface area contributed by atoms with Crippen molar-refractivity contribution < 1.29 is 25.2 Å². The molecule has 5 atom stereocenters. The molecule has 6 N–H and O–H groups in total. The summed E-state index contributed by atoms with van der Waals surface area (Å²) in [6.45, 7) is 0. The summed E-state index contributed by atoms with van der Waals surface area (Å²) < 4.78 is 0. The zero-order valence-electron chi connectivity index (χ0n) is 6.16. The minimum atomic E-state index is -1.49. The summed E-state index contributed by atoms with van der Waals surface area (Å²) in [4.78, 5) is 10.5. The van der Waals surface area contributed by atoms with E-state index in [4.69, 9.17) is 26.2 Å². The molecule has 1 fully saturated rings. The van der Waals surface area contributed by atoms with Crippen LogP contribution in [-0.2, 0) is 4.79 Å². The Morgan fingerprint density at radius 1 is 1.08 bits per heavy atom. The Kier molecular flexibility index (Phi) is 2.34. The molecule has 1 rings (SSSR count). The number of nitrogens with two attached hydrogens (primary N) is 1. The van der Waals surface area contributed by atoms with Crippen LogP contribution in [0.25, 0.3) is 0 Å². The second kappa shape index (κ2) is 2.98. The number of carboxylic acids is 1. The van der Waals surface area contributed by atoms with E-state index in [1.165, 1.54) is 0 Å². The van der Waals surface area contributed by atoms with Crippen molar-refractivity contribution in [1.82, 2.24) is 0 Å². The summed E-state index contributed by atoms with van der Waals surface area (Å²) in [6, 6.07) is -1.12. The number of aliphatic hydroxyl groups is 3. The SMILES string of the molecule is N[C@H]1[C@H](O)[C@@H](O)[C@H](O)[C@H]1C(=O)O. The van der Waals surface area contributed by atoms with E-state index in [-0.39, 0.29) is 0 Å². The average Bonchev–Trinajstić information content (AvgIpc) is 2.16. The van der Waals surface area contributed by atoms with Crippen molar-refractivity contribution in [2.45, 2.75) is 24.4 Å². The Bertz CT molecular complexity index is 182. The van der Waals surface area contributed by atoms with Crippen LogP contribution in [0.3, 0.4) is 0 Å². The monoisotopic (exact) mass is 177 g/mol. The van der Waals surface area contributed by atoms with Crippen molar-refractivity contribution in [3.8, 4) is 0 Å². The summed E-state index contributed by atoms with van der Waals surface area (Å²) >= 11 is 0. The number of hydrogen-bond acceptors (Lipinski definition) is 5. The van der Waals surface area contributed by atoms with Crippen LogP contribution < -0.4 is 5.73 Å². The van der Waals surface area contributed by atoms with Gasteiger partial charge in [-0.25, -0.2) is 0 Å². The van der Waals surface area contributed by atoms with Gasteiger partial charge in [-0.05, 0) is 0 Å². The van der Waals surface area contributed by atoms with Crippen LogP contribution in [0.4, 0.5) is 0 Å². The van der Waals surface area contributed by atoms with Crippen molar-refractivity contribution in [3.63, 3.8) is 0 Å². The maximum absolute atomic E-state index is 10.5. The van der Waals surface area contributed by atoms with E-state index in [0.717, 1.165) is 0 Å². The molecule has 0 aromatic rings. The topological polar surface area (TPSA) is 124 Å². The summed E-state index contributed by atoms with van der Waals surface area (Å²) in [5, 5.41) is 35.7. The van der Waals surface area contributed by atoms with Crippen molar-refractivity contribution in [3.05, 3.63) is 0 Å². The van der Waals surface area contributed by atoms with E-state index in [1.807, 2.05) is 0 Å². The van der Waals surface area contributed by atoms with E-state index in [0.29, 0.717) is 0 Å². The smallest absolute Gasteiger partial charge is 0.310 e. The number of hydrogen-bond donors (Lipinski definition) is 5. The summed E-state index contributed by atoms with van der Waals surface area (Å²) in [5.41, 5.74) is 5.25. The van der Waals surface area contributed by atoms with Gasteiger partial charge in [0.2, 0.25) is 0 Å². The summed E-state index contributed by atoms with van der Waals surface area (Å²) in [5.74, 6) is -2.61. The van der Waals surface area contributed by atoms with Crippen LogP contribution in [-0.4, -0.2) is 50.7 Å². The molecule has 6 nitrogen and oxygen atoms in total. The Morgan fingerprint density at radius 3 is 1.75 bits per heavy atom. The molecular formula is C6H11NO5. The fourth-order valence-electron chi connectivity index (χ4n) is 1.39. The predicted octanol–water partition coefficient (Wildman–Crippen LogP) is -2.89. The maximum Gasteiger partial charge on any atom is 0.310 e. The third-order valence-corrected chi connectivity index (χ3v) is 2.16. The summed E-state index contributed by atoms with van der Waals surface area (Å²) in [7, 11) is 0. The van der Waals surface area contributed by atoms with Gasteiger partial charge in [-0.2, -0.15) is 0 Å². The van der Waals surface area contributed by atoms with E-state index < -0.39 is 36.2 Å². The van der Waals surface area contributed by atoms with Crippen LogP contribution in [0.5, 0.6) is 0 Å². The van der Waals surface area contributed by atoms with Gasteiger partial charge in [-0.15, -0.1) is 0 Å². The van der Waals surface area contributed by atoms with E-state index >= 15 is 0 Å². The number of aliphatic hydroxyl groups excluding tert-OH is 3. The first-order valence-corrected chi connectivity index (χ1v) is 3.49. The van der Waals surface area contributed by atoms with Crippen molar-refractivity contribution in [2.24, 2.45) is 11.7 Å². The lowest BCUT2D eigenvalue weighted by Crippen LogP contribution is -2.40. The van der Waals surface area contributed by atoms with Gasteiger partial charge in [0.1, 0.15) is 12.0 Å². The van der Waals surface area contributed by atoms with Crippen LogP contribution in [0.15, 0.2) is 0 Å². The highest BCUT2D eigenvalue weighted by Crippen LogP contribution is 2.25. The zero-order valence-corrected chi connectivity index (χ0v) is 6.16. The first kappa shape index (κ1) is 9.40. The third kappa shape index (κ3) is 1.18. The van der Waals surface area contributed by atoms with Gasteiger partial charge in [-0.1, -0.05) is 0 Å². The molecule has 0 unspecified atom stereocenters. The lowest BCUT2D eigenvalue weighted by molar-refractivity contribution is -0.146. The second-order valence-corrected chi connectivity index (χ2v) is 2.91. The molecule has 0 saturated heterocycles. The van der Waals surface area contributed by atoms with Gasteiger partial charge >= 0.3 is 5.97 Å². The molecule has 1 saturated carbocycles. The van der Waals surface area contributed by atoms with E-state index in [9.17, 15) is 4.79 Å². The zero-order chi connectivity index (χ0) is 9.46. The highest BCUT2D eigenvalue weighted by molar-refractivity contribution is 5.72. The largest absolute Gasteiger partial charge is 0.481 e. The highest BCUT2D eigenvalue weighted by atomic mass is 16.4. The number of carboxylic acid groups (broad SMARTS) is 1. The molecule has 70 valence electrons. The van der Waals surface area contributed by atoms with Crippen molar-refractivity contribution in [1.29, 1.82) is 0 Å². The number of rotatable bonds is 1. The van der Waals surface area contributed by atoms with Gasteiger partial charge in [0.15, 0.2) is 0 Å². The standard InChI is InChI=1S/C6H11NO5/c7-2-1(6(11)12)3(8)5(10)4(2)9/h1-5,8-10H,7H2,(H,11,12)/t1-,2+,3+,4-,5-/m0/s1. The van der Waals surface area contributed by atoms with Crippen LogP contribution in [0.1, 0.15) is 0 Å². The molecule has 0 spiro atoms. The Hall–Kier alpha value is -0.690. The van der Waals surface area contributed by atoms with Crippen molar-refractivity contribution in [2.75, 3.05) is 0 Å². The molecule has 0 radical (unpaired) electrons. The van der Waals surface area contributed by atoms with Gasteiger partial charge in [-0.3, -0.25) is 4.79 Å². The molecule has 1 aliphatic carbocycles. The predicted molar refractivity (Wildman–Crippen MR) is 37.1 cm³/mol. The molecule has 1 aliphatic rings. The Balaban J connectivity index is 2.83.